The Morgan fingerprint density at radius 1 is 0.943 bits per heavy atom. The highest BCUT2D eigenvalue weighted by Crippen LogP contribution is 2.27. The van der Waals surface area contributed by atoms with Gasteiger partial charge in [0.25, 0.3) is 10.0 Å². The minimum atomic E-state index is -4.08. The van der Waals surface area contributed by atoms with E-state index < -0.39 is 28.5 Å². The van der Waals surface area contributed by atoms with Gasteiger partial charge in [-0.1, -0.05) is 66.2 Å². The van der Waals surface area contributed by atoms with Gasteiger partial charge in [-0.25, -0.2) is 8.42 Å². The first-order valence-corrected chi connectivity index (χ1v) is 12.9. The van der Waals surface area contributed by atoms with Gasteiger partial charge in [-0.05, 0) is 49.2 Å². The average Bonchev–Trinajstić information content (AvgIpc) is 2.86. The lowest BCUT2D eigenvalue weighted by Crippen LogP contribution is -2.50. The van der Waals surface area contributed by atoms with Gasteiger partial charge >= 0.3 is 0 Å². The number of carbonyl (C=O) groups excluding carboxylic acids is 2. The first-order chi connectivity index (χ1) is 16.7. The molecular formula is C26H28ClN3O4S. The van der Waals surface area contributed by atoms with Crippen LogP contribution in [0.2, 0.25) is 5.02 Å². The minimum Gasteiger partial charge on any atom is -0.357 e. The zero-order valence-electron chi connectivity index (χ0n) is 19.8. The van der Waals surface area contributed by atoms with Crippen molar-refractivity contribution in [1.29, 1.82) is 0 Å². The number of halogens is 1. The molecule has 0 heterocycles. The predicted molar refractivity (Wildman–Crippen MR) is 138 cm³/mol. The summed E-state index contributed by atoms with van der Waals surface area (Å²) >= 11 is 6.32. The molecule has 3 aromatic carbocycles. The van der Waals surface area contributed by atoms with Gasteiger partial charge in [0.1, 0.15) is 12.6 Å². The second-order valence-corrected chi connectivity index (χ2v) is 10.3. The van der Waals surface area contributed by atoms with Gasteiger partial charge in [-0.15, -0.1) is 0 Å². The summed E-state index contributed by atoms with van der Waals surface area (Å²) in [5.74, 6) is -0.914. The number of hydrogen-bond donors (Lipinski definition) is 1. The fraction of sp³-hybridized carbons (Fsp3) is 0.231. The number of sulfonamides is 1. The maximum absolute atomic E-state index is 13.7. The maximum atomic E-state index is 13.7. The lowest BCUT2D eigenvalue weighted by molar-refractivity contribution is -0.139. The van der Waals surface area contributed by atoms with Crippen LogP contribution in [0.3, 0.4) is 0 Å². The van der Waals surface area contributed by atoms with E-state index in [2.05, 4.69) is 5.32 Å². The Balaban J connectivity index is 2.05. The molecule has 1 unspecified atom stereocenters. The van der Waals surface area contributed by atoms with Crippen molar-refractivity contribution in [3.05, 3.63) is 95.0 Å². The van der Waals surface area contributed by atoms with Crippen molar-refractivity contribution in [2.75, 3.05) is 17.9 Å². The van der Waals surface area contributed by atoms with Gasteiger partial charge in [0, 0.05) is 18.6 Å². The Kier molecular flexibility index (Phi) is 8.53. The van der Waals surface area contributed by atoms with Gasteiger partial charge in [0.05, 0.1) is 10.6 Å². The number of carbonyl (C=O) groups is 2. The molecule has 0 bridgehead atoms. The molecule has 0 aliphatic heterocycles. The molecule has 2 amide bonds. The number of amides is 2. The molecule has 0 saturated carbocycles. The normalized spacial score (nSPS) is 12.0. The van der Waals surface area contributed by atoms with Crippen LogP contribution in [-0.2, 0) is 26.2 Å². The second kappa shape index (κ2) is 11.4. The lowest BCUT2D eigenvalue weighted by atomic mass is 10.1. The number of hydrogen-bond acceptors (Lipinski definition) is 4. The highest BCUT2D eigenvalue weighted by atomic mass is 35.5. The predicted octanol–water partition coefficient (Wildman–Crippen LogP) is 4.01. The molecule has 0 radical (unpaired) electrons. The quantitative estimate of drug-likeness (QED) is 0.468. The molecule has 3 aromatic rings. The first kappa shape index (κ1) is 26.2. The van der Waals surface area contributed by atoms with Crippen molar-refractivity contribution < 1.29 is 18.0 Å². The summed E-state index contributed by atoms with van der Waals surface area (Å²) in [6.45, 7) is 2.92. The molecule has 1 N–H and O–H groups in total. The van der Waals surface area contributed by atoms with Crippen molar-refractivity contribution in [3.8, 4) is 0 Å². The molecule has 9 heteroatoms. The average molecular weight is 514 g/mol. The molecule has 0 saturated heterocycles. The minimum absolute atomic E-state index is 0.0418. The summed E-state index contributed by atoms with van der Waals surface area (Å²) in [6, 6.07) is 21.1. The molecule has 0 fully saturated rings. The Hall–Kier alpha value is -3.36. The lowest BCUT2D eigenvalue weighted by Gasteiger charge is -2.32. The van der Waals surface area contributed by atoms with Gasteiger partial charge < -0.3 is 10.2 Å². The third-order valence-electron chi connectivity index (χ3n) is 5.71. The van der Waals surface area contributed by atoms with E-state index in [9.17, 15) is 18.0 Å². The molecule has 0 spiro atoms. The van der Waals surface area contributed by atoms with Gasteiger partial charge in [0.15, 0.2) is 0 Å². The highest BCUT2D eigenvalue weighted by Gasteiger charge is 2.32. The van der Waals surface area contributed by atoms with Crippen molar-refractivity contribution in [2.24, 2.45) is 0 Å². The van der Waals surface area contributed by atoms with Crippen molar-refractivity contribution >= 4 is 39.1 Å². The summed E-state index contributed by atoms with van der Waals surface area (Å²) in [4.78, 5) is 27.6. The number of para-hydroxylation sites is 1. The SMILES string of the molecule is CNC(=O)C(C)N(Cc1ccccc1Cl)C(=O)CN(c1ccccc1C)S(=O)(=O)c1ccccc1. The molecular weight excluding hydrogens is 486 g/mol. The smallest absolute Gasteiger partial charge is 0.264 e. The molecule has 0 aliphatic rings. The van der Waals surface area contributed by atoms with E-state index >= 15 is 0 Å². The fourth-order valence-corrected chi connectivity index (χ4v) is 5.37. The Morgan fingerprint density at radius 3 is 2.17 bits per heavy atom. The highest BCUT2D eigenvalue weighted by molar-refractivity contribution is 7.92. The number of nitrogens with one attached hydrogen (secondary N) is 1. The zero-order valence-corrected chi connectivity index (χ0v) is 21.4. The van der Waals surface area contributed by atoms with E-state index in [0.717, 1.165) is 4.31 Å². The van der Waals surface area contributed by atoms with Crippen LogP contribution >= 0.6 is 11.6 Å². The molecule has 35 heavy (non-hydrogen) atoms. The summed E-state index contributed by atoms with van der Waals surface area (Å²) in [7, 11) is -2.60. The van der Waals surface area contributed by atoms with Crippen LogP contribution in [-0.4, -0.2) is 44.8 Å². The molecule has 0 aromatic heterocycles. The third-order valence-corrected chi connectivity index (χ3v) is 7.85. The Morgan fingerprint density at radius 2 is 1.54 bits per heavy atom. The van der Waals surface area contributed by atoms with E-state index in [0.29, 0.717) is 21.8 Å². The van der Waals surface area contributed by atoms with Crippen LogP contribution in [0.25, 0.3) is 0 Å². The maximum Gasteiger partial charge on any atom is 0.264 e. The fourth-order valence-electron chi connectivity index (χ4n) is 3.68. The van der Waals surface area contributed by atoms with Crippen LogP contribution in [0.5, 0.6) is 0 Å². The van der Waals surface area contributed by atoms with Gasteiger partial charge in [-0.3, -0.25) is 13.9 Å². The van der Waals surface area contributed by atoms with E-state index in [4.69, 9.17) is 11.6 Å². The standard InChI is InChI=1S/C26H28ClN3O4S/c1-19-11-7-10-16-24(19)30(35(33,34)22-13-5-4-6-14-22)18-25(31)29(20(2)26(32)28-3)17-21-12-8-9-15-23(21)27/h4-16,20H,17-18H2,1-3H3,(H,28,32). The second-order valence-electron chi connectivity index (χ2n) is 8.01. The van der Waals surface area contributed by atoms with Gasteiger partial charge in [0.2, 0.25) is 11.8 Å². The third kappa shape index (κ3) is 6.01. The number of aryl methyl sites for hydroxylation is 1. The van der Waals surface area contributed by atoms with Crippen LogP contribution < -0.4 is 9.62 Å². The Labute approximate surface area is 211 Å². The topological polar surface area (TPSA) is 86.8 Å². The molecule has 0 aliphatic carbocycles. The number of benzene rings is 3. The zero-order chi connectivity index (χ0) is 25.6. The van der Waals surface area contributed by atoms with E-state index in [1.54, 1.807) is 80.6 Å². The molecule has 7 nitrogen and oxygen atoms in total. The van der Waals surface area contributed by atoms with Crippen molar-refractivity contribution in [3.63, 3.8) is 0 Å². The summed E-state index contributed by atoms with van der Waals surface area (Å²) in [6.07, 6.45) is 0. The monoisotopic (exact) mass is 513 g/mol. The van der Waals surface area contributed by atoms with E-state index in [-0.39, 0.29) is 17.3 Å². The van der Waals surface area contributed by atoms with Crippen LogP contribution in [0.1, 0.15) is 18.1 Å². The van der Waals surface area contributed by atoms with Crippen LogP contribution in [0.4, 0.5) is 5.69 Å². The first-order valence-electron chi connectivity index (χ1n) is 11.0. The number of rotatable bonds is 9. The van der Waals surface area contributed by atoms with Crippen molar-refractivity contribution in [1.82, 2.24) is 10.2 Å². The number of nitrogens with zero attached hydrogens (tertiary/aromatic N) is 2. The summed E-state index contributed by atoms with van der Waals surface area (Å²) in [5, 5.41) is 3.00. The number of anilines is 1. The van der Waals surface area contributed by atoms with Crippen LogP contribution in [0.15, 0.2) is 83.8 Å². The molecule has 3 rings (SSSR count). The van der Waals surface area contributed by atoms with Crippen LogP contribution in [0, 0.1) is 6.92 Å². The summed E-state index contributed by atoms with van der Waals surface area (Å²) in [5.41, 5.74) is 1.72. The Bertz CT molecular complexity index is 1300. The van der Waals surface area contributed by atoms with E-state index in [1.807, 2.05) is 0 Å². The van der Waals surface area contributed by atoms with Gasteiger partial charge in [-0.2, -0.15) is 0 Å². The number of likely N-dealkylation sites (N-methyl/N-ethyl adjacent to an activating group) is 1. The van der Waals surface area contributed by atoms with E-state index in [1.165, 1.54) is 24.1 Å². The summed E-state index contributed by atoms with van der Waals surface area (Å²) < 4.78 is 28.4. The largest absolute Gasteiger partial charge is 0.357 e. The van der Waals surface area contributed by atoms with Crippen molar-refractivity contribution in [2.45, 2.75) is 31.3 Å². The molecule has 184 valence electrons. The molecule has 1 atom stereocenters.